The van der Waals surface area contributed by atoms with Gasteiger partial charge in [-0.05, 0) is 18.1 Å². The number of carbonyl (C=O) groups is 2. The minimum atomic E-state index is -0.758. The van der Waals surface area contributed by atoms with E-state index in [4.69, 9.17) is 22.1 Å². The zero-order valence-electron chi connectivity index (χ0n) is 10.8. The molecule has 2 amide bonds. The van der Waals surface area contributed by atoms with Crippen molar-refractivity contribution < 1.29 is 14.3 Å². The van der Waals surface area contributed by atoms with E-state index >= 15 is 0 Å². The lowest BCUT2D eigenvalue weighted by Crippen LogP contribution is -2.48. The summed E-state index contributed by atoms with van der Waals surface area (Å²) in [5.41, 5.74) is 6.11. The number of pyridine rings is 1. The Morgan fingerprint density at radius 3 is 2.90 bits per heavy atom. The largest absolute Gasteiger partial charge is 0.381 e. The quantitative estimate of drug-likeness (QED) is 0.764. The maximum absolute atomic E-state index is 12.0. The third-order valence-corrected chi connectivity index (χ3v) is 3.41. The molecule has 2 rings (SSSR count). The molecule has 1 fully saturated rings. The highest BCUT2D eigenvalue weighted by Crippen LogP contribution is 2.13. The highest BCUT2D eigenvalue weighted by atomic mass is 35.5. The van der Waals surface area contributed by atoms with E-state index in [-0.39, 0.29) is 11.8 Å². The van der Waals surface area contributed by atoms with Crippen molar-refractivity contribution in [2.24, 2.45) is 11.7 Å². The molecule has 108 valence electrons. The number of halogens is 1. The predicted octanol–water partition coefficient (Wildman–Crippen LogP) is 0.284. The third-order valence-electron chi connectivity index (χ3n) is 3.19. The van der Waals surface area contributed by atoms with Crippen LogP contribution in [0.25, 0.3) is 0 Å². The molecule has 0 radical (unpaired) electrons. The van der Waals surface area contributed by atoms with Gasteiger partial charge in [-0.15, -0.1) is 0 Å². The summed E-state index contributed by atoms with van der Waals surface area (Å²) in [4.78, 5) is 27.3. The summed E-state index contributed by atoms with van der Waals surface area (Å²) < 4.78 is 5.15. The molecule has 0 spiro atoms. The number of amides is 2. The normalized spacial score (nSPS) is 19.6. The van der Waals surface area contributed by atoms with E-state index in [0.29, 0.717) is 31.2 Å². The Bertz CT molecular complexity index is 486. The van der Waals surface area contributed by atoms with Crippen LogP contribution in [0.5, 0.6) is 0 Å². The summed E-state index contributed by atoms with van der Waals surface area (Å²) in [6.07, 6.45) is 2.52. The molecule has 0 aromatic carbocycles. The zero-order chi connectivity index (χ0) is 14.5. The molecule has 3 N–H and O–H groups in total. The van der Waals surface area contributed by atoms with Crippen molar-refractivity contribution in [2.75, 3.05) is 13.2 Å². The first kappa shape index (κ1) is 14.7. The van der Waals surface area contributed by atoms with Crippen LogP contribution in [0.15, 0.2) is 18.3 Å². The second-order valence-electron chi connectivity index (χ2n) is 4.72. The summed E-state index contributed by atoms with van der Waals surface area (Å²) in [6, 6.07) is 2.61. The number of rotatable bonds is 5. The minimum Gasteiger partial charge on any atom is -0.381 e. The van der Waals surface area contributed by atoms with Gasteiger partial charge in [0, 0.05) is 19.2 Å². The molecule has 7 heteroatoms. The molecule has 20 heavy (non-hydrogen) atoms. The fraction of sp³-hybridized carbons (Fsp3) is 0.462. The van der Waals surface area contributed by atoms with E-state index in [0.717, 1.165) is 5.56 Å². The molecule has 0 saturated carbocycles. The summed E-state index contributed by atoms with van der Waals surface area (Å²) in [7, 11) is 0. The number of hydrogen-bond acceptors (Lipinski definition) is 4. The number of aromatic nitrogens is 1. The highest BCUT2D eigenvalue weighted by molar-refractivity contribution is 6.29. The van der Waals surface area contributed by atoms with Crippen LogP contribution < -0.4 is 11.1 Å². The van der Waals surface area contributed by atoms with Crippen molar-refractivity contribution in [3.05, 3.63) is 29.0 Å². The van der Waals surface area contributed by atoms with Gasteiger partial charge in [0.15, 0.2) is 0 Å². The van der Waals surface area contributed by atoms with E-state index in [1.54, 1.807) is 18.3 Å². The minimum absolute atomic E-state index is 0.201. The number of ether oxygens (including phenoxy) is 1. The van der Waals surface area contributed by atoms with Gasteiger partial charge in [0.25, 0.3) is 0 Å². The Morgan fingerprint density at radius 2 is 2.35 bits per heavy atom. The molecular formula is C13H16ClN3O3. The van der Waals surface area contributed by atoms with Crippen LogP contribution in [0.3, 0.4) is 0 Å². The second-order valence-corrected chi connectivity index (χ2v) is 5.10. The van der Waals surface area contributed by atoms with Crippen LogP contribution in [-0.4, -0.2) is 36.1 Å². The smallest absolute Gasteiger partial charge is 0.240 e. The molecular weight excluding hydrogens is 282 g/mol. The molecule has 6 nitrogen and oxygen atoms in total. The molecule has 1 aliphatic heterocycles. The fourth-order valence-corrected chi connectivity index (χ4v) is 2.13. The van der Waals surface area contributed by atoms with Crippen molar-refractivity contribution in [3.63, 3.8) is 0 Å². The van der Waals surface area contributed by atoms with Crippen LogP contribution in [-0.2, 0) is 20.7 Å². The Balaban J connectivity index is 1.98. The van der Waals surface area contributed by atoms with Crippen molar-refractivity contribution in [1.82, 2.24) is 10.3 Å². The van der Waals surface area contributed by atoms with E-state index in [1.807, 2.05) is 0 Å². The third kappa shape index (κ3) is 3.91. The first-order valence-corrected chi connectivity index (χ1v) is 6.72. The monoisotopic (exact) mass is 297 g/mol. The number of primary amides is 1. The first-order valence-electron chi connectivity index (χ1n) is 6.34. The maximum Gasteiger partial charge on any atom is 0.240 e. The van der Waals surface area contributed by atoms with Gasteiger partial charge >= 0.3 is 0 Å². The Hall–Kier alpha value is -1.66. The fourth-order valence-electron chi connectivity index (χ4n) is 2.02. The molecule has 1 saturated heterocycles. The first-order chi connectivity index (χ1) is 9.56. The second kappa shape index (κ2) is 6.67. The van der Waals surface area contributed by atoms with Crippen molar-refractivity contribution in [2.45, 2.75) is 18.9 Å². The lowest BCUT2D eigenvalue weighted by molar-refractivity contribution is -0.129. The molecule has 0 aliphatic carbocycles. The zero-order valence-corrected chi connectivity index (χ0v) is 11.6. The van der Waals surface area contributed by atoms with Crippen molar-refractivity contribution in [1.29, 1.82) is 0 Å². The summed E-state index contributed by atoms with van der Waals surface area (Å²) >= 11 is 5.69. The SMILES string of the molecule is NC(=O)[C@@H](Cc1ccc(Cl)nc1)NC(=O)[C@H]1CCOC1. The molecule has 1 aromatic heterocycles. The number of nitrogens with one attached hydrogen (secondary N) is 1. The van der Waals surface area contributed by atoms with Gasteiger partial charge in [-0.1, -0.05) is 17.7 Å². The highest BCUT2D eigenvalue weighted by Gasteiger charge is 2.27. The van der Waals surface area contributed by atoms with Gasteiger partial charge in [-0.2, -0.15) is 0 Å². The lowest BCUT2D eigenvalue weighted by atomic mass is 10.0. The molecule has 0 bridgehead atoms. The standard InChI is InChI=1S/C13H16ClN3O3/c14-11-2-1-8(6-16-11)5-10(12(15)18)17-13(19)9-3-4-20-7-9/h1-2,6,9-10H,3-5,7H2,(H2,15,18)(H,17,19)/t9-,10+/m0/s1. The van der Waals surface area contributed by atoms with Crippen LogP contribution >= 0.6 is 11.6 Å². The maximum atomic E-state index is 12.0. The van der Waals surface area contributed by atoms with Crippen molar-refractivity contribution in [3.8, 4) is 0 Å². The van der Waals surface area contributed by atoms with Gasteiger partial charge < -0.3 is 15.8 Å². The van der Waals surface area contributed by atoms with E-state index in [2.05, 4.69) is 10.3 Å². The van der Waals surface area contributed by atoms with Crippen LogP contribution in [0.1, 0.15) is 12.0 Å². The molecule has 1 aliphatic rings. The van der Waals surface area contributed by atoms with Gasteiger partial charge in [-0.3, -0.25) is 9.59 Å². The molecule has 1 aromatic rings. The number of nitrogens with zero attached hydrogens (tertiary/aromatic N) is 1. The Labute approximate surface area is 121 Å². The number of nitrogens with two attached hydrogens (primary N) is 1. The molecule has 0 unspecified atom stereocenters. The van der Waals surface area contributed by atoms with Crippen LogP contribution in [0.2, 0.25) is 5.15 Å². The van der Waals surface area contributed by atoms with Crippen molar-refractivity contribution >= 4 is 23.4 Å². The summed E-state index contributed by atoms with van der Waals surface area (Å²) in [5.74, 6) is -0.986. The van der Waals surface area contributed by atoms with Gasteiger partial charge in [0.05, 0.1) is 12.5 Å². The van der Waals surface area contributed by atoms with Gasteiger partial charge in [0.2, 0.25) is 11.8 Å². The predicted molar refractivity (Wildman–Crippen MR) is 73.0 cm³/mol. The van der Waals surface area contributed by atoms with Crippen LogP contribution in [0, 0.1) is 5.92 Å². The van der Waals surface area contributed by atoms with Crippen LogP contribution in [0.4, 0.5) is 0 Å². The average molecular weight is 298 g/mol. The molecule has 2 atom stereocenters. The van der Waals surface area contributed by atoms with E-state index in [9.17, 15) is 9.59 Å². The van der Waals surface area contributed by atoms with Gasteiger partial charge in [-0.25, -0.2) is 4.98 Å². The average Bonchev–Trinajstić information content (AvgIpc) is 2.94. The number of carbonyl (C=O) groups excluding carboxylic acids is 2. The van der Waals surface area contributed by atoms with E-state index in [1.165, 1.54) is 0 Å². The Kier molecular flexibility index (Phi) is 4.92. The van der Waals surface area contributed by atoms with Gasteiger partial charge in [0.1, 0.15) is 11.2 Å². The Morgan fingerprint density at radius 1 is 1.55 bits per heavy atom. The molecule has 2 heterocycles. The number of hydrogen-bond donors (Lipinski definition) is 2. The topological polar surface area (TPSA) is 94.3 Å². The summed E-state index contributed by atoms with van der Waals surface area (Å²) in [6.45, 7) is 0.959. The van der Waals surface area contributed by atoms with E-state index < -0.39 is 11.9 Å². The lowest BCUT2D eigenvalue weighted by Gasteiger charge is -2.17. The summed E-state index contributed by atoms with van der Waals surface area (Å²) in [5, 5.41) is 3.04.